The van der Waals surface area contributed by atoms with Crippen LogP contribution in [-0.2, 0) is 21.5 Å². The van der Waals surface area contributed by atoms with E-state index in [1.807, 2.05) is 0 Å². The van der Waals surface area contributed by atoms with Gasteiger partial charge in [-0.3, -0.25) is 0 Å². The second-order valence-electron chi connectivity index (χ2n) is 5.51. The average molecular weight is 411 g/mol. The summed E-state index contributed by atoms with van der Waals surface area (Å²) in [7, 11) is 1.71. The van der Waals surface area contributed by atoms with E-state index >= 15 is 0 Å². The summed E-state index contributed by atoms with van der Waals surface area (Å²) in [5.41, 5.74) is 0.552. The van der Waals surface area contributed by atoms with Crippen molar-refractivity contribution >= 4 is 34.2 Å². The van der Waals surface area contributed by atoms with Crippen LogP contribution >= 0.6 is 34.2 Å². The minimum atomic E-state index is -0.460. The number of methoxy groups -OCH3 is 1. The van der Waals surface area contributed by atoms with Crippen LogP contribution in [0.3, 0.4) is 0 Å². The Morgan fingerprint density at radius 3 is 2.55 bits per heavy atom. The molecule has 0 saturated carbocycles. The van der Waals surface area contributed by atoms with Gasteiger partial charge in [-0.05, 0) is 34.9 Å². The van der Waals surface area contributed by atoms with E-state index in [1.165, 1.54) is 0 Å². The molecule has 6 heteroatoms. The normalized spacial score (nSPS) is 18.5. The lowest BCUT2D eigenvalue weighted by molar-refractivity contribution is -0.100. The molecule has 1 aliphatic rings. The quantitative estimate of drug-likeness (QED) is 0.562. The molecule has 1 saturated heterocycles. The van der Waals surface area contributed by atoms with Crippen LogP contribution in [0.4, 0.5) is 0 Å². The Balaban J connectivity index is 2.42. The number of aromatic nitrogens is 2. The molecule has 1 aromatic rings. The maximum Gasteiger partial charge on any atom is 0.162 e. The van der Waals surface area contributed by atoms with Crippen LogP contribution < -0.4 is 0 Å². The second-order valence-corrected chi connectivity index (χ2v) is 6.94. The minimum Gasteiger partial charge on any atom is -0.381 e. The van der Waals surface area contributed by atoms with Crippen molar-refractivity contribution in [1.82, 2.24) is 9.97 Å². The molecule has 1 aliphatic heterocycles. The predicted molar refractivity (Wildman–Crippen MR) is 87.0 cm³/mol. The zero-order valence-electron chi connectivity index (χ0n) is 12.1. The Labute approximate surface area is 138 Å². The predicted octanol–water partition coefficient (Wildman–Crippen LogP) is 3.59. The van der Waals surface area contributed by atoms with E-state index in [-0.39, 0.29) is 0 Å². The molecule has 1 aromatic heterocycles. The van der Waals surface area contributed by atoms with Gasteiger partial charge in [0.25, 0.3) is 0 Å². The number of hydrogen-bond donors (Lipinski definition) is 0. The topological polar surface area (TPSA) is 44.2 Å². The number of ether oxygens (including phenoxy) is 2. The SMILES string of the molecule is COC1(c2nc(Cl)c(I)c(CC(C)C)n2)CCOCC1. The molecule has 0 atom stereocenters. The van der Waals surface area contributed by atoms with E-state index in [2.05, 4.69) is 41.4 Å². The van der Waals surface area contributed by atoms with Gasteiger partial charge < -0.3 is 9.47 Å². The van der Waals surface area contributed by atoms with Crippen molar-refractivity contribution in [2.24, 2.45) is 5.92 Å². The summed E-state index contributed by atoms with van der Waals surface area (Å²) < 4.78 is 12.1. The molecule has 4 nitrogen and oxygen atoms in total. The largest absolute Gasteiger partial charge is 0.381 e. The number of rotatable bonds is 4. The van der Waals surface area contributed by atoms with Gasteiger partial charge in [0.15, 0.2) is 5.82 Å². The van der Waals surface area contributed by atoms with Crippen LogP contribution in [0.15, 0.2) is 0 Å². The molecule has 2 rings (SSSR count). The summed E-state index contributed by atoms with van der Waals surface area (Å²) in [6.45, 7) is 5.68. The van der Waals surface area contributed by atoms with Crippen molar-refractivity contribution in [3.05, 3.63) is 20.2 Å². The van der Waals surface area contributed by atoms with Gasteiger partial charge in [-0.25, -0.2) is 9.97 Å². The molecule has 0 radical (unpaired) electrons. The fraction of sp³-hybridized carbons (Fsp3) is 0.714. The minimum absolute atomic E-state index is 0.460. The maximum atomic E-state index is 6.30. The standard InChI is InChI=1S/C14H20ClIN2O2/c1-9(2)8-10-11(16)12(15)18-13(17-10)14(19-3)4-6-20-7-5-14/h9H,4-8H2,1-3H3. The number of nitrogens with zero attached hydrogens (tertiary/aromatic N) is 2. The van der Waals surface area contributed by atoms with Gasteiger partial charge in [-0.15, -0.1) is 0 Å². The first-order valence-corrected chi connectivity index (χ1v) is 8.29. The molecule has 0 bridgehead atoms. The van der Waals surface area contributed by atoms with E-state index in [4.69, 9.17) is 26.1 Å². The molecule has 2 heterocycles. The smallest absolute Gasteiger partial charge is 0.162 e. The Kier molecular flexibility index (Phi) is 5.62. The van der Waals surface area contributed by atoms with Crippen molar-refractivity contribution in [1.29, 1.82) is 0 Å². The summed E-state index contributed by atoms with van der Waals surface area (Å²) in [5, 5.41) is 0.522. The van der Waals surface area contributed by atoms with Crippen LogP contribution in [0.2, 0.25) is 5.15 Å². The molecule has 0 aliphatic carbocycles. The Bertz CT molecular complexity index is 476. The van der Waals surface area contributed by atoms with E-state index in [1.54, 1.807) is 7.11 Å². The first-order chi connectivity index (χ1) is 9.48. The lowest BCUT2D eigenvalue weighted by Crippen LogP contribution is -2.37. The third-order valence-corrected chi connectivity index (χ3v) is 5.31. The molecular weight excluding hydrogens is 391 g/mol. The van der Waals surface area contributed by atoms with Crippen LogP contribution in [0, 0.1) is 9.49 Å². The maximum absolute atomic E-state index is 6.30. The molecule has 1 fully saturated rings. The number of halogens is 2. The third-order valence-electron chi connectivity index (χ3n) is 3.58. The van der Waals surface area contributed by atoms with E-state index in [0.717, 1.165) is 28.5 Å². The van der Waals surface area contributed by atoms with Gasteiger partial charge in [-0.1, -0.05) is 25.4 Å². The van der Waals surface area contributed by atoms with Gasteiger partial charge >= 0.3 is 0 Å². The Morgan fingerprint density at radius 2 is 2.00 bits per heavy atom. The zero-order chi connectivity index (χ0) is 14.8. The highest BCUT2D eigenvalue weighted by Crippen LogP contribution is 2.35. The molecule has 112 valence electrons. The fourth-order valence-corrected chi connectivity index (χ4v) is 3.06. The van der Waals surface area contributed by atoms with Crippen LogP contribution in [0.25, 0.3) is 0 Å². The lowest BCUT2D eigenvalue weighted by Gasteiger charge is -2.34. The van der Waals surface area contributed by atoms with Crippen molar-refractivity contribution in [2.45, 2.75) is 38.7 Å². The van der Waals surface area contributed by atoms with Crippen LogP contribution in [0.1, 0.15) is 38.2 Å². The summed E-state index contributed by atoms with van der Waals surface area (Å²) in [6, 6.07) is 0. The fourth-order valence-electron chi connectivity index (χ4n) is 2.41. The van der Waals surface area contributed by atoms with Gasteiger partial charge in [0.2, 0.25) is 0 Å². The van der Waals surface area contributed by atoms with Gasteiger partial charge in [0, 0.05) is 33.2 Å². The van der Waals surface area contributed by atoms with E-state index in [0.29, 0.717) is 30.1 Å². The molecule has 0 aromatic carbocycles. The van der Waals surface area contributed by atoms with Gasteiger partial charge in [0.1, 0.15) is 10.8 Å². The first-order valence-electron chi connectivity index (χ1n) is 6.84. The summed E-state index contributed by atoms with van der Waals surface area (Å²) in [5.74, 6) is 1.22. The number of hydrogen-bond acceptors (Lipinski definition) is 4. The third kappa shape index (κ3) is 3.43. The highest BCUT2D eigenvalue weighted by molar-refractivity contribution is 14.1. The van der Waals surface area contributed by atoms with Crippen molar-refractivity contribution < 1.29 is 9.47 Å². The van der Waals surface area contributed by atoms with Crippen molar-refractivity contribution in [3.63, 3.8) is 0 Å². The second kappa shape index (κ2) is 6.85. The molecule has 0 unspecified atom stereocenters. The summed E-state index contributed by atoms with van der Waals surface area (Å²) in [4.78, 5) is 9.23. The highest BCUT2D eigenvalue weighted by Gasteiger charge is 2.38. The summed E-state index contributed by atoms with van der Waals surface area (Å²) >= 11 is 8.52. The summed E-state index contributed by atoms with van der Waals surface area (Å²) in [6.07, 6.45) is 2.42. The van der Waals surface area contributed by atoms with Gasteiger partial charge in [-0.2, -0.15) is 0 Å². The van der Waals surface area contributed by atoms with E-state index < -0.39 is 5.60 Å². The zero-order valence-corrected chi connectivity index (χ0v) is 15.0. The Hall–Kier alpha value is 0.0200. The molecule has 0 amide bonds. The molecule has 0 N–H and O–H groups in total. The molecule has 20 heavy (non-hydrogen) atoms. The average Bonchev–Trinajstić information content (AvgIpc) is 2.44. The van der Waals surface area contributed by atoms with Crippen molar-refractivity contribution in [3.8, 4) is 0 Å². The molecular formula is C14H20ClIN2O2. The molecule has 0 spiro atoms. The van der Waals surface area contributed by atoms with Crippen LogP contribution in [-0.4, -0.2) is 30.3 Å². The van der Waals surface area contributed by atoms with Crippen LogP contribution in [0.5, 0.6) is 0 Å². The Morgan fingerprint density at radius 1 is 1.35 bits per heavy atom. The monoisotopic (exact) mass is 410 g/mol. The highest BCUT2D eigenvalue weighted by atomic mass is 127. The van der Waals surface area contributed by atoms with Crippen molar-refractivity contribution in [2.75, 3.05) is 20.3 Å². The van der Waals surface area contributed by atoms with E-state index in [9.17, 15) is 0 Å². The van der Waals surface area contributed by atoms with Gasteiger partial charge in [0.05, 0.1) is 9.26 Å². The first kappa shape index (κ1) is 16.4. The lowest BCUT2D eigenvalue weighted by atomic mass is 9.92.